The van der Waals surface area contributed by atoms with Crippen LogP contribution in [0, 0.1) is 0 Å². The number of H-pyrrole nitrogens is 1. The van der Waals surface area contributed by atoms with E-state index in [0.29, 0.717) is 6.21 Å². The summed E-state index contributed by atoms with van der Waals surface area (Å²) in [5.74, 6) is -2.90. The van der Waals surface area contributed by atoms with Gasteiger partial charge in [-0.1, -0.05) is 18.2 Å². The number of carbonyl (C=O) groups excluding carboxylic acids is 3. The highest BCUT2D eigenvalue weighted by Gasteiger charge is 2.27. The van der Waals surface area contributed by atoms with E-state index in [1.807, 2.05) is 24.3 Å². The molecular formula is C20H22N4O6. The highest BCUT2D eigenvalue weighted by molar-refractivity contribution is 6.25. The number of hydrogen-bond donors (Lipinski definition) is 3. The lowest BCUT2D eigenvalue weighted by atomic mass is 10.0. The molecule has 158 valence electrons. The molecule has 10 heteroatoms. The van der Waals surface area contributed by atoms with E-state index in [1.54, 1.807) is 6.20 Å². The zero-order valence-corrected chi connectivity index (χ0v) is 16.3. The Labute approximate surface area is 171 Å². The van der Waals surface area contributed by atoms with Crippen LogP contribution in [0.1, 0.15) is 25.3 Å². The molecule has 1 heterocycles. The molecule has 0 spiro atoms. The van der Waals surface area contributed by atoms with Crippen LogP contribution in [-0.2, 0) is 30.3 Å². The number of ether oxygens (including phenoxy) is 1. The first-order valence-electron chi connectivity index (χ1n) is 9.21. The molecule has 0 aliphatic carbocycles. The van der Waals surface area contributed by atoms with Gasteiger partial charge in [0, 0.05) is 29.9 Å². The summed E-state index contributed by atoms with van der Waals surface area (Å²) in [5, 5.41) is 12.6. The van der Waals surface area contributed by atoms with Crippen molar-refractivity contribution in [2.75, 3.05) is 6.61 Å². The van der Waals surface area contributed by atoms with Crippen molar-refractivity contribution in [2.24, 2.45) is 0 Å². The molecule has 0 fully saturated rings. The van der Waals surface area contributed by atoms with Crippen molar-refractivity contribution >= 4 is 40.6 Å². The number of carboxylic acids is 1. The number of carboxylic acid groups (broad SMARTS) is 1. The van der Waals surface area contributed by atoms with Gasteiger partial charge in [-0.25, -0.2) is 4.79 Å². The van der Waals surface area contributed by atoms with Gasteiger partial charge in [0.2, 0.25) is 11.7 Å². The monoisotopic (exact) mass is 414 g/mol. The topological polar surface area (TPSA) is 162 Å². The van der Waals surface area contributed by atoms with Crippen LogP contribution in [0.3, 0.4) is 0 Å². The van der Waals surface area contributed by atoms with Gasteiger partial charge < -0.3 is 25.7 Å². The molecule has 0 saturated carbocycles. The van der Waals surface area contributed by atoms with Crippen molar-refractivity contribution in [3.05, 3.63) is 41.6 Å². The minimum atomic E-state index is -1.35. The Morgan fingerprint density at radius 3 is 2.70 bits per heavy atom. The summed E-state index contributed by atoms with van der Waals surface area (Å²) in [6, 6.07) is 6.10. The fourth-order valence-corrected chi connectivity index (χ4v) is 2.88. The van der Waals surface area contributed by atoms with E-state index < -0.39 is 29.8 Å². The maximum atomic E-state index is 12.7. The largest absolute Gasteiger partial charge is 0.480 e. The van der Waals surface area contributed by atoms with Crippen LogP contribution >= 0.6 is 0 Å². The summed E-state index contributed by atoms with van der Waals surface area (Å²) in [6.45, 7) is 1.01. The van der Waals surface area contributed by atoms with E-state index in [-0.39, 0.29) is 31.7 Å². The first kappa shape index (κ1) is 22.7. The molecule has 1 aromatic heterocycles. The number of aromatic nitrogens is 1. The van der Waals surface area contributed by atoms with Crippen molar-refractivity contribution in [1.82, 2.24) is 10.3 Å². The third-order valence-electron chi connectivity index (χ3n) is 4.36. The number of aliphatic carboxylic acids is 1. The van der Waals surface area contributed by atoms with Crippen molar-refractivity contribution < 1.29 is 33.8 Å². The summed E-state index contributed by atoms with van der Waals surface area (Å²) in [5.41, 5.74) is 9.99. The van der Waals surface area contributed by atoms with Gasteiger partial charge in [0.15, 0.2) is 5.78 Å². The van der Waals surface area contributed by atoms with Gasteiger partial charge in [-0.15, -0.1) is 0 Å². The number of Topliss-reactive ketones (excluding diaryl/α,β-unsaturated/α-hetero) is 2. The summed E-state index contributed by atoms with van der Waals surface area (Å²) in [4.78, 5) is 52.6. The molecule has 1 aromatic carbocycles. The number of fused-ring (bicyclic) bond motifs is 1. The van der Waals surface area contributed by atoms with E-state index in [4.69, 9.17) is 10.3 Å². The molecule has 1 amide bonds. The summed E-state index contributed by atoms with van der Waals surface area (Å²) < 4.78 is 5.44. The van der Waals surface area contributed by atoms with Crippen LogP contribution < -0.4 is 5.32 Å². The van der Waals surface area contributed by atoms with Gasteiger partial charge in [0.25, 0.3) is 0 Å². The zero-order chi connectivity index (χ0) is 22.1. The molecule has 2 unspecified atom stereocenters. The summed E-state index contributed by atoms with van der Waals surface area (Å²) >= 11 is 0. The number of rotatable bonds is 12. The van der Waals surface area contributed by atoms with E-state index in [0.717, 1.165) is 16.5 Å². The molecule has 0 radical (unpaired) electrons. The third kappa shape index (κ3) is 6.47. The molecule has 3 N–H and O–H groups in total. The van der Waals surface area contributed by atoms with E-state index in [9.17, 15) is 24.3 Å². The maximum absolute atomic E-state index is 12.7. The second-order valence-electron chi connectivity index (χ2n) is 6.71. The van der Waals surface area contributed by atoms with Crippen LogP contribution in [0.2, 0.25) is 0 Å². The number of aromatic amines is 1. The van der Waals surface area contributed by atoms with Crippen molar-refractivity contribution in [1.29, 1.82) is 0 Å². The average molecular weight is 414 g/mol. The molecule has 2 aromatic rings. The van der Waals surface area contributed by atoms with Crippen LogP contribution in [0.5, 0.6) is 0 Å². The van der Waals surface area contributed by atoms with Gasteiger partial charge in [-0.3, -0.25) is 14.4 Å². The second-order valence-corrected chi connectivity index (χ2v) is 6.71. The Balaban J connectivity index is 2.14. The van der Waals surface area contributed by atoms with E-state index in [1.165, 1.54) is 6.92 Å². The number of hydrogen-bond acceptors (Lipinski definition) is 5. The van der Waals surface area contributed by atoms with Crippen LogP contribution in [0.4, 0.5) is 0 Å². The standard InChI is InChI=1S/C20H22N4O6/c1-12(25)11-30-18(8-13-9-22-16-5-3-2-4-15(13)16)19(27)24-17(20(28)29)7-6-14(26)10-23-21/h2-5,9-10,17-18,22H,6-8,11H2,1H3,(H,24,27)(H,28,29). The molecule has 0 bridgehead atoms. The molecule has 0 aliphatic heterocycles. The maximum Gasteiger partial charge on any atom is 0.326 e. The third-order valence-corrected chi connectivity index (χ3v) is 4.36. The minimum absolute atomic E-state index is 0.117. The molecule has 0 saturated heterocycles. The van der Waals surface area contributed by atoms with Crippen molar-refractivity contribution in [3.63, 3.8) is 0 Å². The Kier molecular flexibility index (Phi) is 8.16. The van der Waals surface area contributed by atoms with E-state index >= 15 is 0 Å². The number of nitrogens with one attached hydrogen (secondary N) is 2. The predicted molar refractivity (Wildman–Crippen MR) is 106 cm³/mol. The van der Waals surface area contributed by atoms with Gasteiger partial charge >= 0.3 is 12.2 Å². The highest BCUT2D eigenvalue weighted by atomic mass is 16.5. The van der Waals surface area contributed by atoms with Crippen LogP contribution in [-0.4, -0.2) is 63.3 Å². The lowest BCUT2D eigenvalue weighted by Crippen LogP contribution is -2.47. The molecular weight excluding hydrogens is 392 g/mol. The number of ketones is 2. The Hall–Kier alpha value is -3.62. The second kappa shape index (κ2) is 10.8. The minimum Gasteiger partial charge on any atom is -0.480 e. The molecule has 0 aliphatic rings. The quantitative estimate of drug-likeness (QED) is 0.265. The van der Waals surface area contributed by atoms with Crippen molar-refractivity contribution in [2.45, 2.75) is 38.3 Å². The van der Waals surface area contributed by atoms with Gasteiger partial charge in [-0.05, 0) is 25.0 Å². The fourth-order valence-electron chi connectivity index (χ4n) is 2.88. The SMILES string of the molecule is CC(=O)COC(Cc1c[nH]c2ccccc12)C(=O)NC(CCC(=O)C=[N+]=[N-])C(=O)O. The normalized spacial score (nSPS) is 12.6. The van der Waals surface area contributed by atoms with Crippen LogP contribution in [0.25, 0.3) is 16.4 Å². The van der Waals surface area contributed by atoms with Gasteiger partial charge in [-0.2, -0.15) is 4.79 Å². The number of benzene rings is 1. The zero-order valence-electron chi connectivity index (χ0n) is 16.3. The van der Waals surface area contributed by atoms with Crippen molar-refractivity contribution in [3.8, 4) is 0 Å². The number of para-hydroxylation sites is 1. The Bertz CT molecular complexity index is 992. The lowest BCUT2D eigenvalue weighted by Gasteiger charge is -2.20. The predicted octanol–water partition coefficient (Wildman–Crippen LogP) is 0.904. The first-order valence-corrected chi connectivity index (χ1v) is 9.21. The van der Waals surface area contributed by atoms with Crippen LogP contribution in [0.15, 0.2) is 30.5 Å². The first-order chi connectivity index (χ1) is 14.3. The number of carbonyl (C=O) groups is 4. The Morgan fingerprint density at radius 2 is 2.03 bits per heavy atom. The summed E-state index contributed by atoms with van der Waals surface area (Å²) in [7, 11) is 0. The highest BCUT2D eigenvalue weighted by Crippen LogP contribution is 2.20. The molecule has 2 atom stereocenters. The molecule has 2 rings (SSSR count). The number of nitrogens with zero attached hydrogens (tertiary/aromatic N) is 2. The average Bonchev–Trinajstić information content (AvgIpc) is 3.11. The fraction of sp³-hybridized carbons (Fsp3) is 0.350. The molecule has 30 heavy (non-hydrogen) atoms. The Morgan fingerprint density at radius 1 is 1.30 bits per heavy atom. The summed E-state index contributed by atoms with van der Waals surface area (Å²) in [6.07, 6.45) is 0.969. The number of amides is 1. The smallest absolute Gasteiger partial charge is 0.326 e. The van der Waals surface area contributed by atoms with Gasteiger partial charge in [0.05, 0.1) is 0 Å². The van der Waals surface area contributed by atoms with E-state index in [2.05, 4.69) is 15.1 Å². The van der Waals surface area contributed by atoms with Gasteiger partial charge in [0.1, 0.15) is 18.8 Å². The lowest BCUT2D eigenvalue weighted by molar-refractivity contribution is -0.145. The molecule has 10 nitrogen and oxygen atoms in total.